The zero-order valence-corrected chi connectivity index (χ0v) is 16.1. The lowest BCUT2D eigenvalue weighted by Crippen LogP contribution is -2.30. The van der Waals surface area contributed by atoms with Crippen LogP contribution in [-0.4, -0.2) is 16.1 Å². The average Bonchev–Trinajstić information content (AvgIpc) is 2.62. The van der Waals surface area contributed by atoms with Gasteiger partial charge in [0.1, 0.15) is 5.82 Å². The molecule has 1 N–H and O–H groups in total. The largest absolute Gasteiger partial charge is 0.308 e. The van der Waals surface area contributed by atoms with Gasteiger partial charge in [-0.2, -0.15) is 0 Å². The summed E-state index contributed by atoms with van der Waals surface area (Å²) in [5, 5.41) is 4.75. The highest BCUT2D eigenvalue weighted by molar-refractivity contribution is 6.30. The molecule has 0 amide bonds. The van der Waals surface area contributed by atoms with Crippen molar-refractivity contribution in [1.29, 1.82) is 0 Å². The monoisotopic (exact) mass is 369 g/mol. The highest BCUT2D eigenvalue weighted by Gasteiger charge is 2.17. The fourth-order valence-corrected chi connectivity index (χ4v) is 3.09. The molecule has 0 radical (unpaired) electrons. The molecule has 136 valence electrons. The Balaban J connectivity index is 2.11. The Hall–Kier alpha value is -2.17. The molecule has 0 unspecified atom stereocenters. The Kier molecular flexibility index (Phi) is 5.74. The molecule has 2 aromatic carbocycles. The van der Waals surface area contributed by atoms with Crippen LogP contribution in [-0.2, 0) is 0 Å². The van der Waals surface area contributed by atoms with Crippen LogP contribution >= 0.6 is 11.6 Å². The van der Waals surface area contributed by atoms with E-state index in [1.165, 1.54) is 0 Å². The first-order valence-electron chi connectivity index (χ1n) is 8.98. The molecule has 0 saturated carbocycles. The smallest absolute Gasteiger partial charge is 0.266 e. The number of nitrogens with zero attached hydrogens (tertiary/aromatic N) is 2. The molecule has 0 bridgehead atoms. The van der Waals surface area contributed by atoms with Crippen molar-refractivity contribution in [1.82, 2.24) is 14.9 Å². The second-order valence-corrected chi connectivity index (χ2v) is 7.40. The Labute approximate surface area is 158 Å². The summed E-state index contributed by atoms with van der Waals surface area (Å²) in [5.74, 6) is 1.33. The van der Waals surface area contributed by atoms with Crippen LogP contribution in [0.25, 0.3) is 16.6 Å². The third kappa shape index (κ3) is 3.97. The summed E-state index contributed by atoms with van der Waals surface area (Å²) < 4.78 is 1.69. The summed E-state index contributed by atoms with van der Waals surface area (Å²) in [6, 6.07) is 14.7. The molecule has 4 nitrogen and oxygen atoms in total. The van der Waals surface area contributed by atoms with Crippen molar-refractivity contribution < 1.29 is 0 Å². The number of aromatic nitrogens is 2. The quantitative estimate of drug-likeness (QED) is 0.682. The number of fused-ring (bicyclic) bond motifs is 1. The summed E-state index contributed by atoms with van der Waals surface area (Å²) in [7, 11) is 0. The highest BCUT2D eigenvalue weighted by atomic mass is 35.5. The van der Waals surface area contributed by atoms with Crippen molar-refractivity contribution in [2.75, 3.05) is 6.54 Å². The maximum absolute atomic E-state index is 13.2. The topological polar surface area (TPSA) is 46.9 Å². The van der Waals surface area contributed by atoms with Gasteiger partial charge in [-0.05, 0) is 62.2 Å². The van der Waals surface area contributed by atoms with Crippen molar-refractivity contribution in [2.45, 2.75) is 33.2 Å². The Morgan fingerprint density at radius 1 is 1.08 bits per heavy atom. The summed E-state index contributed by atoms with van der Waals surface area (Å²) in [5.41, 5.74) is 1.42. The van der Waals surface area contributed by atoms with Crippen LogP contribution in [0.2, 0.25) is 5.02 Å². The second-order valence-electron chi connectivity index (χ2n) is 6.96. The van der Waals surface area contributed by atoms with E-state index in [4.69, 9.17) is 16.6 Å². The normalized spacial score (nSPS) is 12.7. The molecule has 0 spiro atoms. The number of rotatable bonds is 6. The van der Waals surface area contributed by atoms with E-state index in [2.05, 4.69) is 19.2 Å². The van der Waals surface area contributed by atoms with Gasteiger partial charge in [0.15, 0.2) is 0 Å². The summed E-state index contributed by atoms with van der Waals surface area (Å²) in [6.07, 6.45) is 1.07. The minimum atomic E-state index is -0.0644. The molecule has 1 heterocycles. The van der Waals surface area contributed by atoms with E-state index in [0.29, 0.717) is 22.2 Å². The predicted molar refractivity (Wildman–Crippen MR) is 108 cm³/mol. The fraction of sp³-hybridized carbons (Fsp3) is 0.333. The standard InChI is InChI=1S/C21H24ClN3O/c1-14(2)12-13-23-15(3)20-24-19-7-5-4-6-18(19)21(26)25(20)17-10-8-16(22)9-11-17/h4-11,14-15,23H,12-13H2,1-3H3/t15-/m1/s1. The van der Waals surface area contributed by atoms with Crippen LogP contribution in [0.15, 0.2) is 53.3 Å². The van der Waals surface area contributed by atoms with Gasteiger partial charge in [-0.1, -0.05) is 37.6 Å². The third-order valence-corrected chi connectivity index (χ3v) is 4.70. The zero-order valence-electron chi connectivity index (χ0n) is 15.4. The Bertz CT molecular complexity index is 948. The fourth-order valence-electron chi connectivity index (χ4n) is 2.96. The summed E-state index contributed by atoms with van der Waals surface area (Å²) in [4.78, 5) is 18.0. The number of hydrogen-bond donors (Lipinski definition) is 1. The summed E-state index contributed by atoms with van der Waals surface area (Å²) in [6.45, 7) is 7.32. The first-order valence-corrected chi connectivity index (χ1v) is 9.36. The van der Waals surface area contributed by atoms with Gasteiger partial charge in [-0.25, -0.2) is 4.98 Å². The molecule has 0 aliphatic heterocycles. The third-order valence-electron chi connectivity index (χ3n) is 4.45. The molecule has 0 fully saturated rings. The lowest BCUT2D eigenvalue weighted by atomic mass is 10.1. The zero-order chi connectivity index (χ0) is 18.7. The predicted octanol–water partition coefficient (Wildman–Crippen LogP) is 4.74. The SMILES string of the molecule is CC(C)CCN[C@H](C)c1nc2ccccc2c(=O)n1-c1ccc(Cl)cc1. The lowest BCUT2D eigenvalue weighted by Gasteiger charge is -2.20. The number of hydrogen-bond acceptors (Lipinski definition) is 3. The molecule has 0 aliphatic carbocycles. The minimum absolute atomic E-state index is 0.0539. The molecule has 0 saturated heterocycles. The lowest BCUT2D eigenvalue weighted by molar-refractivity contribution is 0.479. The molecule has 1 aromatic heterocycles. The first-order chi connectivity index (χ1) is 12.5. The van der Waals surface area contributed by atoms with Gasteiger partial charge in [-0.15, -0.1) is 0 Å². The van der Waals surface area contributed by atoms with Gasteiger partial charge in [0.2, 0.25) is 0 Å². The van der Waals surface area contributed by atoms with E-state index in [0.717, 1.165) is 24.2 Å². The van der Waals surface area contributed by atoms with Gasteiger partial charge < -0.3 is 5.32 Å². The van der Waals surface area contributed by atoms with Crippen LogP contribution in [0.4, 0.5) is 0 Å². The van der Waals surface area contributed by atoms with Crippen molar-refractivity contribution in [3.63, 3.8) is 0 Å². The molecular weight excluding hydrogens is 346 g/mol. The van der Waals surface area contributed by atoms with Gasteiger partial charge in [0.05, 0.1) is 22.6 Å². The second kappa shape index (κ2) is 8.02. The van der Waals surface area contributed by atoms with Crippen LogP contribution in [0, 0.1) is 5.92 Å². The molecule has 26 heavy (non-hydrogen) atoms. The van der Waals surface area contributed by atoms with E-state index < -0.39 is 0 Å². The van der Waals surface area contributed by atoms with Crippen molar-refractivity contribution in [2.24, 2.45) is 5.92 Å². The van der Waals surface area contributed by atoms with Gasteiger partial charge in [0.25, 0.3) is 5.56 Å². The van der Waals surface area contributed by atoms with Gasteiger partial charge in [0, 0.05) is 5.02 Å². The van der Waals surface area contributed by atoms with Crippen molar-refractivity contribution >= 4 is 22.5 Å². The maximum Gasteiger partial charge on any atom is 0.266 e. The van der Waals surface area contributed by atoms with Crippen LogP contribution in [0.1, 0.15) is 39.1 Å². The van der Waals surface area contributed by atoms with E-state index in [1.54, 1.807) is 16.7 Å². The van der Waals surface area contributed by atoms with Crippen LogP contribution in [0.3, 0.4) is 0 Å². The van der Waals surface area contributed by atoms with Crippen LogP contribution in [0.5, 0.6) is 0 Å². The Morgan fingerprint density at radius 3 is 2.46 bits per heavy atom. The minimum Gasteiger partial charge on any atom is -0.308 e. The molecule has 3 rings (SSSR count). The van der Waals surface area contributed by atoms with E-state index >= 15 is 0 Å². The molecule has 5 heteroatoms. The van der Waals surface area contributed by atoms with Crippen LogP contribution < -0.4 is 10.9 Å². The number of halogens is 1. The average molecular weight is 370 g/mol. The van der Waals surface area contributed by atoms with E-state index in [-0.39, 0.29) is 11.6 Å². The van der Waals surface area contributed by atoms with E-state index in [1.807, 2.05) is 43.3 Å². The Morgan fingerprint density at radius 2 is 1.77 bits per heavy atom. The molecule has 1 atom stereocenters. The molecule has 3 aromatic rings. The van der Waals surface area contributed by atoms with Crippen molar-refractivity contribution in [3.8, 4) is 5.69 Å². The number of nitrogens with one attached hydrogen (secondary N) is 1. The first kappa shape index (κ1) is 18.6. The van der Waals surface area contributed by atoms with Gasteiger partial charge in [-0.3, -0.25) is 9.36 Å². The molecular formula is C21H24ClN3O. The molecule has 0 aliphatic rings. The maximum atomic E-state index is 13.2. The highest BCUT2D eigenvalue weighted by Crippen LogP contribution is 2.19. The number of para-hydroxylation sites is 1. The summed E-state index contributed by atoms with van der Waals surface area (Å²) >= 11 is 6.02. The van der Waals surface area contributed by atoms with Crippen molar-refractivity contribution in [3.05, 3.63) is 69.7 Å². The van der Waals surface area contributed by atoms with Gasteiger partial charge >= 0.3 is 0 Å². The van der Waals surface area contributed by atoms with E-state index in [9.17, 15) is 4.79 Å². The number of benzene rings is 2.